The van der Waals surface area contributed by atoms with Crippen molar-refractivity contribution in [2.45, 2.75) is 45.6 Å². The predicted octanol–water partition coefficient (Wildman–Crippen LogP) is 5.66. The van der Waals surface area contributed by atoms with Crippen LogP contribution in [0.1, 0.15) is 41.0 Å². The molecule has 0 fully saturated rings. The molecule has 2 rings (SSSR count). The van der Waals surface area contributed by atoms with Gasteiger partial charge in [0.25, 0.3) is 0 Å². The number of thioether (sulfide) groups is 2. The first-order valence-electron chi connectivity index (χ1n) is 8.19. The average molecular weight is 356 g/mol. The van der Waals surface area contributed by atoms with Crippen LogP contribution in [0.3, 0.4) is 0 Å². The van der Waals surface area contributed by atoms with Crippen molar-refractivity contribution in [1.29, 1.82) is 0 Å². The van der Waals surface area contributed by atoms with E-state index in [9.17, 15) is 4.79 Å². The van der Waals surface area contributed by atoms with Gasteiger partial charge in [-0.25, -0.2) is 4.79 Å². The molecule has 0 unspecified atom stereocenters. The highest BCUT2D eigenvalue weighted by atomic mass is 32.2. The third kappa shape index (κ3) is 8.96. The number of rotatable bonds is 7. The third-order valence-corrected chi connectivity index (χ3v) is 5.43. The number of carbonyl (C=O) groups excluding carboxylic acids is 1. The number of ether oxygens (including phenoxy) is 1. The second kappa shape index (κ2) is 12.4. The van der Waals surface area contributed by atoms with Gasteiger partial charge < -0.3 is 10.5 Å². The van der Waals surface area contributed by atoms with Crippen molar-refractivity contribution in [3.8, 4) is 0 Å². The average Bonchev–Trinajstić information content (AvgIpc) is 2.60. The SMILES string of the molecule is CC.NC(=O)OC(CSC1=CCCC=C1)CSC1=CCCC=C1.[HH]. The van der Waals surface area contributed by atoms with Crippen molar-refractivity contribution in [1.82, 2.24) is 0 Å². The second-order valence-electron chi connectivity index (χ2n) is 4.85. The standard InChI is InChI=1S/C16H21NO2S2.C2H6.H2/c17-16(18)19-13(11-20-14-7-3-1-4-8-14)12-21-15-9-5-2-6-10-15;1-2;/h3,5,7-10,13H,1-2,4,6,11-12H2,(H2,17,18);1-2H3;1H. The van der Waals surface area contributed by atoms with E-state index < -0.39 is 6.09 Å². The summed E-state index contributed by atoms with van der Waals surface area (Å²) in [7, 11) is 0. The van der Waals surface area contributed by atoms with E-state index in [1.165, 1.54) is 9.81 Å². The molecule has 0 atom stereocenters. The number of nitrogens with two attached hydrogens (primary N) is 1. The van der Waals surface area contributed by atoms with Crippen molar-refractivity contribution in [2.75, 3.05) is 11.5 Å². The van der Waals surface area contributed by atoms with Crippen molar-refractivity contribution >= 4 is 29.6 Å². The first-order valence-corrected chi connectivity index (χ1v) is 10.2. The quantitative estimate of drug-likeness (QED) is 0.640. The molecule has 23 heavy (non-hydrogen) atoms. The summed E-state index contributed by atoms with van der Waals surface area (Å²) in [5, 5.41) is 0. The van der Waals surface area contributed by atoms with E-state index in [-0.39, 0.29) is 7.53 Å². The van der Waals surface area contributed by atoms with Gasteiger partial charge in [0.2, 0.25) is 0 Å². The van der Waals surface area contributed by atoms with E-state index in [0.29, 0.717) is 0 Å². The van der Waals surface area contributed by atoms with Gasteiger partial charge in [-0.15, -0.1) is 23.5 Å². The lowest BCUT2D eigenvalue weighted by molar-refractivity contribution is 0.129. The van der Waals surface area contributed by atoms with Crippen molar-refractivity contribution in [3.63, 3.8) is 0 Å². The van der Waals surface area contributed by atoms with Crippen LogP contribution in [-0.2, 0) is 4.74 Å². The second-order valence-corrected chi connectivity index (χ2v) is 7.04. The Balaban J connectivity index is 0.00000170. The Kier molecular flexibility index (Phi) is 10.7. The van der Waals surface area contributed by atoms with Crippen LogP contribution in [0.2, 0.25) is 0 Å². The van der Waals surface area contributed by atoms with Crippen LogP contribution in [0.15, 0.2) is 46.3 Å². The molecule has 2 aliphatic rings. The number of hydrogen-bond acceptors (Lipinski definition) is 4. The van der Waals surface area contributed by atoms with Crippen molar-refractivity contribution in [3.05, 3.63) is 46.3 Å². The Bertz CT molecular complexity index is 451. The zero-order chi connectivity index (χ0) is 16.9. The summed E-state index contributed by atoms with van der Waals surface area (Å²) in [6.45, 7) is 4.00. The molecule has 0 aromatic heterocycles. The fourth-order valence-corrected chi connectivity index (χ4v) is 4.19. The zero-order valence-electron chi connectivity index (χ0n) is 14.0. The fraction of sp³-hybridized carbons (Fsp3) is 0.500. The van der Waals surface area contributed by atoms with Crippen molar-refractivity contribution in [2.24, 2.45) is 5.73 Å². The van der Waals surface area contributed by atoms with Gasteiger partial charge in [0, 0.05) is 22.7 Å². The first-order chi connectivity index (χ1) is 11.2. The third-order valence-electron chi connectivity index (χ3n) is 3.08. The molecule has 0 aromatic rings. The van der Waals surface area contributed by atoms with Crippen LogP contribution in [0.4, 0.5) is 4.79 Å². The Morgan fingerprint density at radius 2 is 1.57 bits per heavy atom. The highest BCUT2D eigenvalue weighted by molar-refractivity contribution is 8.04. The van der Waals surface area contributed by atoms with Gasteiger partial charge in [0.05, 0.1) is 0 Å². The van der Waals surface area contributed by atoms with Gasteiger partial charge in [0.1, 0.15) is 6.10 Å². The molecular formula is C18H29NO2S2. The summed E-state index contributed by atoms with van der Waals surface area (Å²) in [5.41, 5.74) is 5.17. The molecule has 0 aromatic carbocycles. The number of allylic oxidation sites excluding steroid dienone is 6. The van der Waals surface area contributed by atoms with E-state index in [1.54, 1.807) is 23.5 Å². The van der Waals surface area contributed by atoms with Gasteiger partial charge in [-0.05, 0) is 25.7 Å². The van der Waals surface area contributed by atoms with Crippen LogP contribution >= 0.6 is 23.5 Å². The first kappa shape index (κ1) is 20.0. The molecule has 2 N–H and O–H groups in total. The van der Waals surface area contributed by atoms with Crippen LogP contribution in [0.5, 0.6) is 0 Å². The van der Waals surface area contributed by atoms with Crippen molar-refractivity contribution < 1.29 is 11.0 Å². The molecule has 0 saturated heterocycles. The zero-order valence-corrected chi connectivity index (χ0v) is 15.6. The van der Waals surface area contributed by atoms with Crippen LogP contribution in [0.25, 0.3) is 0 Å². The highest BCUT2D eigenvalue weighted by Crippen LogP contribution is 2.27. The summed E-state index contributed by atoms with van der Waals surface area (Å²) in [5.74, 6) is 1.48. The Hall–Kier alpha value is -1.07. The lowest BCUT2D eigenvalue weighted by Crippen LogP contribution is -2.26. The van der Waals surface area contributed by atoms with Gasteiger partial charge in [-0.1, -0.05) is 50.3 Å². The maximum absolute atomic E-state index is 11.0. The normalized spacial score (nSPS) is 16.3. The highest BCUT2D eigenvalue weighted by Gasteiger charge is 2.15. The van der Waals surface area contributed by atoms with E-state index in [4.69, 9.17) is 10.5 Å². The number of primary amides is 1. The molecule has 0 radical (unpaired) electrons. The van der Waals surface area contributed by atoms with Gasteiger partial charge in [-0.2, -0.15) is 0 Å². The van der Waals surface area contributed by atoms with Crippen LogP contribution in [0, 0.1) is 0 Å². The number of hydrogen-bond donors (Lipinski definition) is 1. The fourth-order valence-electron chi connectivity index (χ4n) is 2.05. The molecule has 0 bridgehead atoms. The smallest absolute Gasteiger partial charge is 0.404 e. The Morgan fingerprint density at radius 3 is 1.91 bits per heavy atom. The number of amides is 1. The van der Waals surface area contributed by atoms with Crippen LogP contribution in [-0.4, -0.2) is 23.7 Å². The van der Waals surface area contributed by atoms with Gasteiger partial charge in [-0.3, -0.25) is 0 Å². The lowest BCUT2D eigenvalue weighted by Gasteiger charge is -2.17. The maximum Gasteiger partial charge on any atom is 0.404 e. The van der Waals surface area contributed by atoms with E-state index in [2.05, 4.69) is 36.5 Å². The molecule has 0 saturated carbocycles. The topological polar surface area (TPSA) is 52.3 Å². The largest absolute Gasteiger partial charge is 0.445 e. The summed E-state index contributed by atoms with van der Waals surface area (Å²) in [4.78, 5) is 13.5. The Morgan fingerprint density at radius 1 is 1.09 bits per heavy atom. The van der Waals surface area contributed by atoms with E-state index >= 15 is 0 Å². The number of carbonyl (C=O) groups is 1. The minimum absolute atomic E-state index is 0. The molecule has 0 aliphatic heterocycles. The van der Waals surface area contributed by atoms with Gasteiger partial charge >= 0.3 is 6.09 Å². The molecule has 0 spiro atoms. The molecule has 0 heterocycles. The predicted molar refractivity (Wildman–Crippen MR) is 106 cm³/mol. The Labute approximate surface area is 150 Å². The summed E-state index contributed by atoms with van der Waals surface area (Å²) in [6, 6.07) is 0. The summed E-state index contributed by atoms with van der Waals surface area (Å²) in [6.07, 6.45) is 16.6. The van der Waals surface area contributed by atoms with Crippen LogP contribution < -0.4 is 5.73 Å². The minimum atomic E-state index is -0.692. The molecule has 1 amide bonds. The molecule has 2 aliphatic carbocycles. The summed E-state index contributed by atoms with van der Waals surface area (Å²) >= 11 is 3.45. The maximum atomic E-state index is 11.0. The van der Waals surface area contributed by atoms with E-state index in [0.717, 1.165) is 37.2 Å². The summed E-state index contributed by atoms with van der Waals surface area (Å²) < 4.78 is 5.23. The molecular weight excluding hydrogens is 326 g/mol. The monoisotopic (exact) mass is 355 g/mol. The minimum Gasteiger partial charge on any atom is -0.445 e. The molecule has 3 nitrogen and oxygen atoms in total. The molecule has 130 valence electrons. The van der Waals surface area contributed by atoms with E-state index in [1.807, 2.05) is 13.8 Å². The lowest BCUT2D eigenvalue weighted by atomic mass is 10.2. The molecule has 5 heteroatoms. The van der Waals surface area contributed by atoms with Gasteiger partial charge in [0.15, 0.2) is 0 Å².